The lowest BCUT2D eigenvalue weighted by atomic mass is 10.3. The minimum Gasteiger partial charge on any atom is -0.389 e. The molecule has 1 unspecified atom stereocenters. The average Bonchev–Trinajstić information content (AvgIpc) is 2.98. The minimum absolute atomic E-state index is 0.544. The Labute approximate surface area is 94.5 Å². The van der Waals surface area contributed by atoms with Gasteiger partial charge in [0.25, 0.3) is 0 Å². The number of anilines is 2. The van der Waals surface area contributed by atoms with E-state index in [0.29, 0.717) is 6.04 Å². The first-order chi connectivity index (χ1) is 7.16. The van der Waals surface area contributed by atoms with Crippen LogP contribution in [-0.4, -0.2) is 35.6 Å². The van der Waals surface area contributed by atoms with Crippen molar-refractivity contribution in [2.24, 2.45) is 0 Å². The Kier molecular flexibility index (Phi) is 3.11. The fraction of sp³-hybridized carbons (Fsp3) is 0.700. The van der Waals surface area contributed by atoms with Crippen molar-refractivity contribution in [2.45, 2.75) is 31.8 Å². The molecule has 0 spiro atoms. The van der Waals surface area contributed by atoms with E-state index in [9.17, 15) is 0 Å². The molecule has 3 N–H and O–H groups in total. The summed E-state index contributed by atoms with van der Waals surface area (Å²) in [5.74, 6) is 0. The van der Waals surface area contributed by atoms with Crippen LogP contribution >= 0.6 is 11.3 Å². The van der Waals surface area contributed by atoms with E-state index in [-0.39, 0.29) is 0 Å². The normalized spacial score (nSPS) is 18.1. The van der Waals surface area contributed by atoms with Gasteiger partial charge in [0.15, 0.2) is 5.13 Å². The zero-order valence-electron chi connectivity index (χ0n) is 9.23. The maximum Gasteiger partial charge on any atom is 0.184 e. The Hall–Kier alpha value is -0.810. The molecule has 2 rings (SSSR count). The molecule has 1 aromatic rings. The smallest absolute Gasteiger partial charge is 0.184 e. The van der Waals surface area contributed by atoms with Crippen molar-refractivity contribution < 1.29 is 0 Å². The quantitative estimate of drug-likeness (QED) is 0.801. The summed E-state index contributed by atoms with van der Waals surface area (Å²) in [7, 11) is 2.19. The predicted molar refractivity (Wildman–Crippen MR) is 65.3 cm³/mol. The van der Waals surface area contributed by atoms with E-state index in [4.69, 9.17) is 5.73 Å². The second kappa shape index (κ2) is 4.37. The van der Waals surface area contributed by atoms with Crippen LogP contribution in [0.5, 0.6) is 0 Å². The fourth-order valence-corrected chi connectivity index (χ4v) is 2.18. The molecule has 0 aromatic carbocycles. The highest BCUT2D eigenvalue weighted by atomic mass is 32.1. The molecule has 0 aliphatic heterocycles. The van der Waals surface area contributed by atoms with Gasteiger partial charge in [0, 0.05) is 18.6 Å². The van der Waals surface area contributed by atoms with E-state index in [1.165, 1.54) is 24.2 Å². The van der Waals surface area contributed by atoms with Gasteiger partial charge in [-0.15, -0.1) is 0 Å². The Morgan fingerprint density at radius 3 is 3.00 bits per heavy atom. The van der Waals surface area contributed by atoms with Crippen LogP contribution in [0.15, 0.2) is 6.20 Å². The molecule has 1 aliphatic rings. The van der Waals surface area contributed by atoms with E-state index < -0.39 is 0 Å². The van der Waals surface area contributed by atoms with Crippen molar-refractivity contribution in [3.8, 4) is 0 Å². The van der Waals surface area contributed by atoms with Crippen LogP contribution < -0.4 is 11.1 Å². The van der Waals surface area contributed by atoms with Crippen molar-refractivity contribution in [1.82, 2.24) is 9.88 Å². The molecule has 4 nitrogen and oxygen atoms in total. The van der Waals surface area contributed by atoms with Gasteiger partial charge in [-0.3, -0.25) is 4.90 Å². The van der Waals surface area contributed by atoms with Crippen LogP contribution in [-0.2, 0) is 0 Å². The van der Waals surface area contributed by atoms with Crippen molar-refractivity contribution >= 4 is 21.5 Å². The summed E-state index contributed by atoms with van der Waals surface area (Å²) in [4.78, 5) is 6.61. The number of likely N-dealkylation sites (N-methyl/N-ethyl adjacent to an activating group) is 1. The summed E-state index contributed by atoms with van der Waals surface area (Å²) in [5.41, 5.74) is 5.61. The number of aromatic nitrogens is 1. The number of thiazole rings is 1. The molecule has 1 atom stereocenters. The number of nitrogen functional groups attached to an aromatic ring is 1. The van der Waals surface area contributed by atoms with Crippen LogP contribution in [0, 0.1) is 0 Å². The summed E-state index contributed by atoms with van der Waals surface area (Å²) in [5, 5.41) is 5.00. The molecule has 0 saturated heterocycles. The lowest BCUT2D eigenvalue weighted by molar-refractivity contribution is 0.257. The number of hydrogen-bond acceptors (Lipinski definition) is 5. The third-order valence-corrected chi connectivity index (χ3v) is 3.67. The Morgan fingerprint density at radius 1 is 1.73 bits per heavy atom. The fourth-order valence-electron chi connectivity index (χ4n) is 1.59. The van der Waals surface area contributed by atoms with Gasteiger partial charge in [-0.1, -0.05) is 11.3 Å². The zero-order chi connectivity index (χ0) is 10.8. The molecule has 15 heavy (non-hydrogen) atoms. The predicted octanol–water partition coefficient (Wildman–Crippen LogP) is 1.62. The molecule has 0 bridgehead atoms. The van der Waals surface area contributed by atoms with Gasteiger partial charge >= 0.3 is 0 Å². The highest BCUT2D eigenvalue weighted by Crippen LogP contribution is 2.27. The molecule has 1 aliphatic carbocycles. The van der Waals surface area contributed by atoms with Gasteiger partial charge in [-0.2, -0.15) is 0 Å². The third kappa shape index (κ3) is 2.82. The minimum atomic E-state index is 0.544. The van der Waals surface area contributed by atoms with Gasteiger partial charge in [0.2, 0.25) is 0 Å². The third-order valence-electron chi connectivity index (χ3n) is 2.89. The molecule has 1 aromatic heterocycles. The van der Waals surface area contributed by atoms with Crippen molar-refractivity contribution in [2.75, 3.05) is 24.6 Å². The second-order valence-electron chi connectivity index (χ2n) is 4.19. The van der Waals surface area contributed by atoms with Gasteiger partial charge in [-0.05, 0) is 26.8 Å². The monoisotopic (exact) mass is 226 g/mol. The Balaban J connectivity index is 1.77. The average molecular weight is 226 g/mol. The highest BCUT2D eigenvalue weighted by Gasteiger charge is 2.28. The van der Waals surface area contributed by atoms with Gasteiger partial charge in [-0.25, -0.2) is 4.98 Å². The first kappa shape index (κ1) is 10.7. The number of nitrogens with zero attached hydrogens (tertiary/aromatic N) is 2. The number of rotatable bonds is 5. The first-order valence-corrected chi connectivity index (χ1v) is 6.15. The SMILES string of the molecule is CC(CNc1ncc(N)s1)N(C)C1CC1. The molecule has 1 fully saturated rings. The van der Waals surface area contributed by atoms with Gasteiger partial charge in [0.1, 0.15) is 5.00 Å². The van der Waals surface area contributed by atoms with Crippen LogP contribution in [0.25, 0.3) is 0 Å². The largest absolute Gasteiger partial charge is 0.389 e. The molecular weight excluding hydrogens is 208 g/mol. The first-order valence-electron chi connectivity index (χ1n) is 5.34. The van der Waals surface area contributed by atoms with Crippen molar-refractivity contribution in [1.29, 1.82) is 0 Å². The molecule has 84 valence electrons. The number of nitrogens with one attached hydrogen (secondary N) is 1. The highest BCUT2D eigenvalue weighted by molar-refractivity contribution is 7.19. The van der Waals surface area contributed by atoms with Crippen molar-refractivity contribution in [3.05, 3.63) is 6.20 Å². The summed E-state index contributed by atoms with van der Waals surface area (Å²) >= 11 is 1.50. The molecule has 1 heterocycles. The molecule has 0 amide bonds. The van der Waals surface area contributed by atoms with Crippen LogP contribution in [0.4, 0.5) is 10.1 Å². The maximum absolute atomic E-state index is 5.61. The number of hydrogen-bond donors (Lipinski definition) is 2. The summed E-state index contributed by atoms with van der Waals surface area (Å²) in [6.45, 7) is 3.17. The van der Waals surface area contributed by atoms with Gasteiger partial charge in [0.05, 0.1) is 6.20 Å². The van der Waals surface area contributed by atoms with Crippen molar-refractivity contribution in [3.63, 3.8) is 0 Å². The lowest BCUT2D eigenvalue weighted by Crippen LogP contribution is -2.36. The van der Waals surface area contributed by atoms with E-state index in [1.807, 2.05) is 0 Å². The Morgan fingerprint density at radius 2 is 2.47 bits per heavy atom. The zero-order valence-corrected chi connectivity index (χ0v) is 10.0. The second-order valence-corrected chi connectivity index (χ2v) is 5.26. The van der Waals surface area contributed by atoms with Gasteiger partial charge < -0.3 is 11.1 Å². The molecule has 0 radical (unpaired) electrons. The van der Waals surface area contributed by atoms with Crippen LogP contribution in [0.3, 0.4) is 0 Å². The molecular formula is C10H18N4S. The Bertz CT molecular complexity index is 321. The van der Waals surface area contributed by atoms with E-state index >= 15 is 0 Å². The lowest BCUT2D eigenvalue weighted by Gasteiger charge is -2.24. The van der Waals surface area contributed by atoms with Crippen LogP contribution in [0.2, 0.25) is 0 Å². The van der Waals surface area contributed by atoms with E-state index in [2.05, 4.69) is 29.2 Å². The standard InChI is InChI=1S/C10H18N4S/c1-7(14(2)8-3-4-8)5-12-10-13-6-9(11)15-10/h6-8H,3-5,11H2,1-2H3,(H,12,13). The molecule has 5 heteroatoms. The van der Waals surface area contributed by atoms with E-state index in [1.54, 1.807) is 6.20 Å². The summed E-state index contributed by atoms with van der Waals surface area (Å²) < 4.78 is 0. The van der Waals surface area contributed by atoms with Crippen LogP contribution in [0.1, 0.15) is 19.8 Å². The number of nitrogens with two attached hydrogens (primary N) is 1. The summed E-state index contributed by atoms with van der Waals surface area (Å²) in [6.07, 6.45) is 4.40. The van der Waals surface area contributed by atoms with E-state index in [0.717, 1.165) is 22.7 Å². The molecule has 1 saturated carbocycles. The summed E-state index contributed by atoms with van der Waals surface area (Å²) in [6, 6.07) is 1.35. The topological polar surface area (TPSA) is 54.2 Å². The maximum atomic E-state index is 5.61.